The number of rotatable bonds is 8. The number of nitrogens with two attached hydrogens (primary N) is 2. The maximum Gasteiger partial charge on any atom is 0.230 e. The monoisotopic (exact) mass is 345 g/mol. The zero-order valence-corrected chi connectivity index (χ0v) is 14.5. The van der Waals surface area contributed by atoms with E-state index in [1.165, 1.54) is 17.3 Å². The number of hydrogen-bond acceptors (Lipinski definition) is 4. The minimum absolute atomic E-state index is 0. The fourth-order valence-corrected chi connectivity index (χ4v) is 2.36. The first kappa shape index (κ1) is 20.8. The highest BCUT2D eigenvalue weighted by Gasteiger charge is 2.09. The summed E-state index contributed by atoms with van der Waals surface area (Å²) < 4.78 is 0. The van der Waals surface area contributed by atoms with E-state index in [-0.39, 0.29) is 35.9 Å². The summed E-state index contributed by atoms with van der Waals surface area (Å²) in [6, 6.07) is 7.87. The number of primary amides is 1. The highest BCUT2D eigenvalue weighted by atomic mass is 35.5. The van der Waals surface area contributed by atoms with E-state index in [1.54, 1.807) is 0 Å². The van der Waals surface area contributed by atoms with Crippen LogP contribution in [0.1, 0.15) is 36.9 Å². The third-order valence-corrected chi connectivity index (χ3v) is 3.98. The molecule has 0 fully saturated rings. The molecule has 124 valence electrons. The Bertz CT molecular complexity index is 480. The second kappa shape index (κ2) is 10.5. The van der Waals surface area contributed by atoms with Gasteiger partial charge < -0.3 is 16.8 Å². The predicted octanol–water partition coefficient (Wildman–Crippen LogP) is 1.57. The van der Waals surface area contributed by atoms with Crippen molar-refractivity contribution in [1.82, 2.24) is 5.32 Å². The van der Waals surface area contributed by atoms with Crippen LogP contribution in [0.3, 0.4) is 0 Å². The minimum Gasteiger partial charge on any atom is -0.369 e. The number of carbonyl (C=O) groups excluding carboxylic acids is 2. The van der Waals surface area contributed by atoms with Crippen molar-refractivity contribution >= 4 is 36.0 Å². The van der Waals surface area contributed by atoms with Crippen LogP contribution in [0.4, 0.5) is 0 Å². The van der Waals surface area contributed by atoms with Gasteiger partial charge in [0.2, 0.25) is 11.8 Å². The van der Waals surface area contributed by atoms with E-state index in [0.29, 0.717) is 12.5 Å². The number of nitrogens with one attached hydrogen (secondary N) is 1. The van der Waals surface area contributed by atoms with E-state index in [0.717, 1.165) is 5.56 Å². The van der Waals surface area contributed by atoms with Gasteiger partial charge in [-0.05, 0) is 17.0 Å². The Hall–Kier alpha value is -1.24. The molecule has 0 radical (unpaired) electrons. The van der Waals surface area contributed by atoms with Crippen LogP contribution in [0.2, 0.25) is 0 Å². The average Bonchev–Trinajstić information content (AvgIpc) is 2.44. The largest absolute Gasteiger partial charge is 0.369 e. The molecule has 0 bridgehead atoms. The van der Waals surface area contributed by atoms with Crippen LogP contribution in [0.15, 0.2) is 24.3 Å². The standard InChI is InChI=1S/C15H23N3O2S.ClH/c1-10(2)11-3-5-12(6-4-11)13(16)7-18-15(20)9-21-8-14(17)19;/h3-6,10,13H,7-9,16H2,1-2H3,(H2,17,19)(H,18,20);1H. The number of halogens is 1. The zero-order chi connectivity index (χ0) is 15.8. The fourth-order valence-electron chi connectivity index (χ4n) is 1.77. The lowest BCUT2D eigenvalue weighted by molar-refractivity contribution is -0.118. The molecule has 22 heavy (non-hydrogen) atoms. The molecule has 0 aliphatic rings. The first-order valence-electron chi connectivity index (χ1n) is 6.88. The lowest BCUT2D eigenvalue weighted by atomic mass is 9.99. The summed E-state index contributed by atoms with van der Waals surface area (Å²) in [5, 5.41) is 2.76. The maximum atomic E-state index is 11.6. The maximum absolute atomic E-state index is 11.6. The van der Waals surface area contributed by atoms with Gasteiger partial charge in [0.25, 0.3) is 0 Å². The molecule has 0 saturated carbocycles. The molecule has 0 spiro atoms. The topological polar surface area (TPSA) is 98.2 Å². The van der Waals surface area contributed by atoms with Gasteiger partial charge in [0.05, 0.1) is 11.5 Å². The van der Waals surface area contributed by atoms with E-state index >= 15 is 0 Å². The lowest BCUT2D eigenvalue weighted by Gasteiger charge is -2.14. The molecule has 5 nitrogen and oxygen atoms in total. The predicted molar refractivity (Wildman–Crippen MR) is 94.2 cm³/mol. The summed E-state index contributed by atoms with van der Waals surface area (Å²) in [5.41, 5.74) is 13.3. The van der Waals surface area contributed by atoms with Crippen LogP contribution in [0.5, 0.6) is 0 Å². The molecular weight excluding hydrogens is 322 g/mol. The van der Waals surface area contributed by atoms with Crippen molar-refractivity contribution in [3.05, 3.63) is 35.4 Å². The van der Waals surface area contributed by atoms with Gasteiger partial charge in [0.1, 0.15) is 0 Å². The van der Waals surface area contributed by atoms with Gasteiger partial charge in [-0.3, -0.25) is 9.59 Å². The molecule has 5 N–H and O–H groups in total. The van der Waals surface area contributed by atoms with Gasteiger partial charge in [-0.15, -0.1) is 24.2 Å². The number of hydrogen-bond donors (Lipinski definition) is 3. The summed E-state index contributed by atoms with van der Waals surface area (Å²) in [4.78, 5) is 22.1. The first-order valence-corrected chi connectivity index (χ1v) is 8.03. The number of benzene rings is 1. The van der Waals surface area contributed by atoms with Crippen molar-refractivity contribution in [2.45, 2.75) is 25.8 Å². The smallest absolute Gasteiger partial charge is 0.230 e. The number of thioether (sulfide) groups is 1. The molecule has 1 rings (SSSR count). The Morgan fingerprint density at radius 2 is 1.68 bits per heavy atom. The fraction of sp³-hybridized carbons (Fsp3) is 0.467. The Morgan fingerprint density at radius 3 is 2.18 bits per heavy atom. The van der Waals surface area contributed by atoms with Crippen LogP contribution in [-0.4, -0.2) is 29.9 Å². The van der Waals surface area contributed by atoms with E-state index in [1.807, 2.05) is 12.1 Å². The second-order valence-corrected chi connectivity index (χ2v) is 6.18. The SMILES string of the molecule is CC(C)c1ccc(C(N)CNC(=O)CSCC(N)=O)cc1.Cl. The van der Waals surface area contributed by atoms with Crippen molar-refractivity contribution in [3.63, 3.8) is 0 Å². The molecule has 0 aromatic heterocycles. The molecule has 1 aromatic rings. The second-order valence-electron chi connectivity index (χ2n) is 5.19. The summed E-state index contributed by atoms with van der Waals surface area (Å²) in [6.07, 6.45) is 0. The van der Waals surface area contributed by atoms with Gasteiger partial charge in [-0.2, -0.15) is 0 Å². The van der Waals surface area contributed by atoms with E-state index < -0.39 is 5.91 Å². The van der Waals surface area contributed by atoms with Crippen LogP contribution in [-0.2, 0) is 9.59 Å². The van der Waals surface area contributed by atoms with Crippen molar-refractivity contribution in [2.24, 2.45) is 11.5 Å². The molecule has 1 atom stereocenters. The molecule has 2 amide bonds. The molecule has 1 unspecified atom stereocenters. The van der Waals surface area contributed by atoms with Gasteiger partial charge in [-0.25, -0.2) is 0 Å². The van der Waals surface area contributed by atoms with Crippen molar-refractivity contribution in [1.29, 1.82) is 0 Å². The lowest BCUT2D eigenvalue weighted by Crippen LogP contribution is -2.33. The molecule has 0 aliphatic heterocycles. The van der Waals surface area contributed by atoms with Crippen LogP contribution in [0, 0.1) is 0 Å². The summed E-state index contributed by atoms with van der Waals surface area (Å²) >= 11 is 1.19. The molecule has 0 heterocycles. The zero-order valence-electron chi connectivity index (χ0n) is 12.9. The third-order valence-electron chi connectivity index (χ3n) is 3.03. The molecule has 0 aliphatic carbocycles. The summed E-state index contributed by atoms with van der Waals surface area (Å²) in [6.45, 7) is 4.65. The van der Waals surface area contributed by atoms with E-state index in [9.17, 15) is 9.59 Å². The molecular formula is C15H24ClN3O2S. The van der Waals surface area contributed by atoms with Gasteiger partial charge >= 0.3 is 0 Å². The number of amides is 2. The number of carbonyl (C=O) groups is 2. The highest BCUT2D eigenvalue weighted by Crippen LogP contribution is 2.17. The van der Waals surface area contributed by atoms with Crippen LogP contribution in [0.25, 0.3) is 0 Å². The normalized spacial score (nSPS) is 11.6. The van der Waals surface area contributed by atoms with Crippen molar-refractivity contribution < 1.29 is 9.59 Å². The Morgan fingerprint density at radius 1 is 1.14 bits per heavy atom. The molecule has 1 aromatic carbocycles. The van der Waals surface area contributed by atoms with Gasteiger partial charge in [-0.1, -0.05) is 38.1 Å². The Kier molecular flexibility index (Phi) is 9.89. The minimum atomic E-state index is -0.422. The van der Waals surface area contributed by atoms with E-state index in [2.05, 4.69) is 31.3 Å². The van der Waals surface area contributed by atoms with Crippen LogP contribution >= 0.6 is 24.2 Å². The first-order chi connectivity index (χ1) is 9.90. The Balaban J connectivity index is 0.00000441. The Labute approximate surface area is 142 Å². The molecule has 0 saturated heterocycles. The quantitative estimate of drug-likeness (QED) is 0.666. The third kappa shape index (κ3) is 7.68. The average molecular weight is 346 g/mol. The molecule has 7 heteroatoms. The summed E-state index contributed by atoms with van der Waals surface area (Å²) in [7, 11) is 0. The van der Waals surface area contributed by atoms with Crippen molar-refractivity contribution in [3.8, 4) is 0 Å². The summed E-state index contributed by atoms with van der Waals surface area (Å²) in [5.74, 6) is 0.278. The highest BCUT2D eigenvalue weighted by molar-refractivity contribution is 8.00. The van der Waals surface area contributed by atoms with Gasteiger partial charge in [0, 0.05) is 12.6 Å². The van der Waals surface area contributed by atoms with Crippen LogP contribution < -0.4 is 16.8 Å². The van der Waals surface area contributed by atoms with E-state index in [4.69, 9.17) is 11.5 Å². The van der Waals surface area contributed by atoms with Crippen molar-refractivity contribution in [2.75, 3.05) is 18.1 Å². The van der Waals surface area contributed by atoms with Gasteiger partial charge in [0.15, 0.2) is 0 Å².